The lowest BCUT2D eigenvalue weighted by Gasteiger charge is -2.23. The summed E-state index contributed by atoms with van der Waals surface area (Å²) in [7, 11) is 1.59. The third-order valence-corrected chi connectivity index (χ3v) is 3.97. The minimum atomic E-state index is -0.269. The summed E-state index contributed by atoms with van der Waals surface area (Å²) in [6.45, 7) is 0.784. The van der Waals surface area contributed by atoms with E-state index in [0.717, 1.165) is 11.1 Å². The molecule has 2 N–H and O–H groups in total. The molecular formula is C18H21ClN2O3. The first-order chi connectivity index (χ1) is 11.7. The van der Waals surface area contributed by atoms with Gasteiger partial charge in [0.15, 0.2) is 0 Å². The van der Waals surface area contributed by atoms with Crippen LogP contribution >= 0.6 is 11.6 Å². The van der Waals surface area contributed by atoms with Gasteiger partial charge in [-0.2, -0.15) is 0 Å². The van der Waals surface area contributed by atoms with Crippen LogP contribution in [0.4, 0.5) is 4.79 Å². The lowest BCUT2D eigenvalue weighted by Crippen LogP contribution is -2.40. The van der Waals surface area contributed by atoms with Gasteiger partial charge in [0.05, 0.1) is 20.3 Å². The molecule has 0 unspecified atom stereocenters. The van der Waals surface area contributed by atoms with Crippen molar-refractivity contribution in [2.75, 3.05) is 20.3 Å². The Bertz CT molecular complexity index is 679. The van der Waals surface area contributed by atoms with Crippen LogP contribution < -0.4 is 10.1 Å². The fraction of sp³-hybridized carbons (Fsp3) is 0.278. The van der Waals surface area contributed by atoms with Crippen molar-refractivity contribution in [3.8, 4) is 5.75 Å². The summed E-state index contributed by atoms with van der Waals surface area (Å²) in [6, 6.07) is 14.6. The molecule has 2 rings (SSSR count). The van der Waals surface area contributed by atoms with E-state index in [0.29, 0.717) is 23.9 Å². The quantitative estimate of drug-likeness (QED) is 0.808. The smallest absolute Gasteiger partial charge is 0.318 e. The summed E-state index contributed by atoms with van der Waals surface area (Å²) >= 11 is 6.10. The Kier molecular flexibility index (Phi) is 6.90. The standard InChI is InChI=1S/C18H21ClN2O3/c1-24-17-9-5-3-7-15(17)13-21(10-11-22)18(23)20-12-14-6-2-4-8-16(14)19/h2-9,22H,10-13H2,1H3,(H,20,23). The predicted molar refractivity (Wildman–Crippen MR) is 94.2 cm³/mol. The lowest BCUT2D eigenvalue weighted by atomic mass is 10.2. The van der Waals surface area contributed by atoms with E-state index in [9.17, 15) is 9.90 Å². The number of halogens is 1. The average Bonchev–Trinajstić information content (AvgIpc) is 2.61. The normalized spacial score (nSPS) is 10.3. The van der Waals surface area contributed by atoms with Crippen LogP contribution in [0, 0.1) is 0 Å². The van der Waals surface area contributed by atoms with Gasteiger partial charge in [0, 0.05) is 23.7 Å². The van der Waals surface area contributed by atoms with Crippen LogP contribution in [0.5, 0.6) is 5.75 Å². The number of carbonyl (C=O) groups is 1. The van der Waals surface area contributed by atoms with E-state index in [1.54, 1.807) is 13.2 Å². The number of hydrogen-bond donors (Lipinski definition) is 2. The van der Waals surface area contributed by atoms with Gasteiger partial charge in [-0.1, -0.05) is 48.0 Å². The van der Waals surface area contributed by atoms with Gasteiger partial charge >= 0.3 is 6.03 Å². The average molecular weight is 349 g/mol. The molecule has 2 aromatic carbocycles. The third-order valence-electron chi connectivity index (χ3n) is 3.60. The second kappa shape index (κ2) is 9.15. The zero-order chi connectivity index (χ0) is 17.4. The number of para-hydroxylation sites is 1. The fourth-order valence-corrected chi connectivity index (χ4v) is 2.54. The molecule has 6 heteroatoms. The minimum Gasteiger partial charge on any atom is -0.496 e. The Morgan fingerprint density at radius 1 is 1.17 bits per heavy atom. The van der Waals surface area contributed by atoms with Crippen LogP contribution in [0.25, 0.3) is 0 Å². The van der Waals surface area contributed by atoms with E-state index >= 15 is 0 Å². The first-order valence-electron chi connectivity index (χ1n) is 7.64. The summed E-state index contributed by atoms with van der Waals surface area (Å²) in [4.78, 5) is 14.0. The Labute approximate surface area is 146 Å². The molecule has 0 aliphatic rings. The van der Waals surface area contributed by atoms with Crippen molar-refractivity contribution in [3.05, 3.63) is 64.7 Å². The highest BCUT2D eigenvalue weighted by molar-refractivity contribution is 6.31. The molecule has 0 spiro atoms. The Balaban J connectivity index is 2.03. The molecule has 0 saturated carbocycles. The molecule has 0 fully saturated rings. The maximum absolute atomic E-state index is 12.4. The number of carbonyl (C=O) groups excluding carboxylic acids is 1. The van der Waals surface area contributed by atoms with E-state index in [1.807, 2.05) is 42.5 Å². The van der Waals surface area contributed by atoms with Crippen molar-refractivity contribution in [1.29, 1.82) is 0 Å². The third kappa shape index (κ3) is 4.88. The van der Waals surface area contributed by atoms with Gasteiger partial charge in [0.25, 0.3) is 0 Å². The number of rotatable bonds is 7. The van der Waals surface area contributed by atoms with Crippen molar-refractivity contribution in [2.24, 2.45) is 0 Å². The number of nitrogens with one attached hydrogen (secondary N) is 1. The fourth-order valence-electron chi connectivity index (χ4n) is 2.34. The van der Waals surface area contributed by atoms with Gasteiger partial charge in [-0.3, -0.25) is 0 Å². The second-order valence-electron chi connectivity index (χ2n) is 5.21. The molecule has 0 aliphatic carbocycles. The molecule has 2 amide bonds. The molecule has 0 radical (unpaired) electrons. The van der Waals surface area contributed by atoms with Crippen LogP contribution in [0.2, 0.25) is 5.02 Å². The van der Waals surface area contributed by atoms with Crippen LogP contribution in [0.15, 0.2) is 48.5 Å². The molecule has 0 aliphatic heterocycles. The topological polar surface area (TPSA) is 61.8 Å². The van der Waals surface area contributed by atoms with Crippen LogP contribution in [-0.2, 0) is 13.1 Å². The van der Waals surface area contributed by atoms with Gasteiger partial charge in [-0.05, 0) is 17.7 Å². The highest BCUT2D eigenvalue weighted by Crippen LogP contribution is 2.19. The molecule has 0 heterocycles. The Morgan fingerprint density at radius 2 is 1.83 bits per heavy atom. The zero-order valence-corrected chi connectivity index (χ0v) is 14.3. The van der Waals surface area contributed by atoms with Crippen molar-refractivity contribution < 1.29 is 14.6 Å². The largest absolute Gasteiger partial charge is 0.496 e. The molecule has 5 nitrogen and oxygen atoms in total. The maximum atomic E-state index is 12.4. The summed E-state index contributed by atoms with van der Waals surface area (Å²) in [6.07, 6.45) is 0. The van der Waals surface area contributed by atoms with E-state index in [2.05, 4.69) is 5.32 Å². The summed E-state index contributed by atoms with van der Waals surface area (Å²) in [5, 5.41) is 12.7. The molecule has 24 heavy (non-hydrogen) atoms. The number of hydrogen-bond acceptors (Lipinski definition) is 3. The number of aliphatic hydroxyl groups is 1. The molecule has 0 bridgehead atoms. The van der Waals surface area contributed by atoms with Gasteiger partial charge in [0.1, 0.15) is 5.75 Å². The van der Waals surface area contributed by atoms with Crippen molar-refractivity contribution in [3.63, 3.8) is 0 Å². The van der Waals surface area contributed by atoms with Crippen LogP contribution in [0.3, 0.4) is 0 Å². The molecule has 0 atom stereocenters. The molecule has 0 aromatic heterocycles. The number of methoxy groups -OCH3 is 1. The molecule has 2 aromatic rings. The predicted octanol–water partition coefficient (Wildman–Crippen LogP) is 3.05. The van der Waals surface area contributed by atoms with Gasteiger partial charge in [0.2, 0.25) is 0 Å². The van der Waals surface area contributed by atoms with Crippen molar-refractivity contribution in [2.45, 2.75) is 13.1 Å². The monoisotopic (exact) mass is 348 g/mol. The Morgan fingerprint density at radius 3 is 2.50 bits per heavy atom. The highest BCUT2D eigenvalue weighted by atomic mass is 35.5. The summed E-state index contributed by atoms with van der Waals surface area (Å²) in [5.74, 6) is 0.708. The number of amides is 2. The minimum absolute atomic E-state index is 0.116. The second-order valence-corrected chi connectivity index (χ2v) is 5.61. The van der Waals surface area contributed by atoms with E-state index in [-0.39, 0.29) is 19.2 Å². The first kappa shape index (κ1) is 18.1. The first-order valence-corrected chi connectivity index (χ1v) is 8.02. The molecular weight excluding hydrogens is 328 g/mol. The number of nitrogens with zero attached hydrogens (tertiary/aromatic N) is 1. The molecule has 128 valence electrons. The zero-order valence-electron chi connectivity index (χ0n) is 13.5. The van der Waals surface area contributed by atoms with E-state index in [1.165, 1.54) is 4.90 Å². The summed E-state index contributed by atoms with van der Waals surface area (Å²) in [5.41, 5.74) is 1.72. The highest BCUT2D eigenvalue weighted by Gasteiger charge is 2.15. The summed E-state index contributed by atoms with van der Waals surface area (Å²) < 4.78 is 5.31. The van der Waals surface area contributed by atoms with Crippen LogP contribution in [-0.4, -0.2) is 36.3 Å². The number of urea groups is 1. The SMILES string of the molecule is COc1ccccc1CN(CCO)C(=O)NCc1ccccc1Cl. The maximum Gasteiger partial charge on any atom is 0.318 e. The van der Waals surface area contributed by atoms with Crippen molar-refractivity contribution >= 4 is 17.6 Å². The van der Waals surface area contributed by atoms with Gasteiger partial charge in [-0.15, -0.1) is 0 Å². The molecule has 0 saturated heterocycles. The number of benzene rings is 2. The number of ether oxygens (including phenoxy) is 1. The van der Waals surface area contributed by atoms with Crippen LogP contribution in [0.1, 0.15) is 11.1 Å². The van der Waals surface area contributed by atoms with Gasteiger partial charge < -0.3 is 20.1 Å². The van der Waals surface area contributed by atoms with E-state index in [4.69, 9.17) is 16.3 Å². The van der Waals surface area contributed by atoms with E-state index < -0.39 is 0 Å². The van der Waals surface area contributed by atoms with Gasteiger partial charge in [-0.25, -0.2) is 4.79 Å². The lowest BCUT2D eigenvalue weighted by molar-refractivity contribution is 0.173. The Hall–Kier alpha value is -2.24. The number of aliphatic hydroxyl groups excluding tert-OH is 1. The van der Waals surface area contributed by atoms with Crippen molar-refractivity contribution in [1.82, 2.24) is 10.2 Å².